The minimum Gasteiger partial charge on any atom is -0.347 e. The lowest BCUT2D eigenvalue weighted by molar-refractivity contribution is -0.157. The predicted octanol–water partition coefficient (Wildman–Crippen LogP) is 1.23. The highest BCUT2D eigenvalue weighted by Crippen LogP contribution is 2.29. The van der Waals surface area contributed by atoms with Gasteiger partial charge in [0, 0.05) is 12.4 Å². The molecule has 0 aliphatic rings. The van der Waals surface area contributed by atoms with Crippen LogP contribution in [-0.4, -0.2) is 23.2 Å². The summed E-state index contributed by atoms with van der Waals surface area (Å²) in [6, 6.07) is -1.72. The molecule has 1 aromatic heterocycles. The zero-order valence-electron chi connectivity index (χ0n) is 6.31. The van der Waals surface area contributed by atoms with Crippen LogP contribution in [0.3, 0.4) is 0 Å². The molecule has 0 aromatic carbocycles. The third-order valence-corrected chi connectivity index (χ3v) is 1.41. The summed E-state index contributed by atoms with van der Waals surface area (Å²) < 4.78 is 36.5. The molecule has 1 rings (SSSR count). The first-order valence-corrected chi connectivity index (χ1v) is 3.29. The Morgan fingerprint density at radius 3 is 2.58 bits per heavy atom. The highest BCUT2D eigenvalue weighted by molar-refractivity contribution is 4.98. The number of nitrogens with zero attached hydrogens (tertiary/aromatic N) is 1. The Bertz CT molecular complexity index is 229. The van der Waals surface area contributed by atoms with E-state index in [0.717, 1.165) is 0 Å². The van der Waals surface area contributed by atoms with Crippen LogP contribution < -0.4 is 5.32 Å². The van der Waals surface area contributed by atoms with Gasteiger partial charge in [0.05, 0.1) is 0 Å². The minimum atomic E-state index is -4.31. The van der Waals surface area contributed by atoms with Crippen molar-refractivity contribution >= 4 is 0 Å². The van der Waals surface area contributed by atoms with Gasteiger partial charge >= 0.3 is 6.18 Å². The van der Waals surface area contributed by atoms with E-state index in [1.165, 1.54) is 19.4 Å². The van der Waals surface area contributed by atoms with Gasteiger partial charge in [-0.15, -0.1) is 0 Å². The lowest BCUT2D eigenvalue weighted by atomic mass is 10.3. The van der Waals surface area contributed by atoms with Crippen LogP contribution in [0.25, 0.3) is 0 Å². The largest absolute Gasteiger partial charge is 0.410 e. The normalized spacial score (nSPS) is 14.7. The van der Waals surface area contributed by atoms with E-state index in [1.807, 2.05) is 0 Å². The van der Waals surface area contributed by atoms with E-state index in [4.69, 9.17) is 0 Å². The molecule has 12 heavy (non-hydrogen) atoms. The van der Waals surface area contributed by atoms with E-state index in [1.54, 1.807) is 0 Å². The predicted molar refractivity (Wildman–Crippen MR) is 36.4 cm³/mol. The second-order valence-electron chi connectivity index (χ2n) is 2.24. The van der Waals surface area contributed by atoms with Gasteiger partial charge in [-0.1, -0.05) is 0 Å². The first-order valence-electron chi connectivity index (χ1n) is 3.29. The standard InChI is InChI=1S/C6H8F3N3/c1-10-4(6(7,8)9)5-11-2-3-12-5/h2-4,10H,1H3,(H,11,12). The fourth-order valence-electron chi connectivity index (χ4n) is 0.891. The van der Waals surface area contributed by atoms with Gasteiger partial charge in [-0.05, 0) is 7.05 Å². The van der Waals surface area contributed by atoms with E-state index >= 15 is 0 Å². The van der Waals surface area contributed by atoms with Crippen molar-refractivity contribution in [2.75, 3.05) is 7.05 Å². The van der Waals surface area contributed by atoms with Crippen LogP contribution in [0.15, 0.2) is 12.4 Å². The van der Waals surface area contributed by atoms with Gasteiger partial charge in [-0.25, -0.2) is 4.98 Å². The molecule has 0 saturated carbocycles. The zero-order valence-corrected chi connectivity index (χ0v) is 6.31. The highest BCUT2D eigenvalue weighted by Gasteiger charge is 2.41. The van der Waals surface area contributed by atoms with Gasteiger partial charge in [-0.2, -0.15) is 13.2 Å². The molecule has 68 valence electrons. The van der Waals surface area contributed by atoms with Crippen molar-refractivity contribution in [1.29, 1.82) is 0 Å². The van der Waals surface area contributed by atoms with Crippen LogP contribution in [0, 0.1) is 0 Å². The number of aromatic amines is 1. The van der Waals surface area contributed by atoms with E-state index in [2.05, 4.69) is 15.3 Å². The van der Waals surface area contributed by atoms with Crippen LogP contribution in [-0.2, 0) is 0 Å². The molecule has 6 heteroatoms. The molecule has 0 aliphatic heterocycles. The number of alkyl halides is 3. The summed E-state index contributed by atoms with van der Waals surface area (Å²) >= 11 is 0. The van der Waals surface area contributed by atoms with Crippen LogP contribution in [0.1, 0.15) is 11.9 Å². The minimum absolute atomic E-state index is 0.120. The second-order valence-corrected chi connectivity index (χ2v) is 2.24. The van der Waals surface area contributed by atoms with Crippen molar-refractivity contribution in [2.45, 2.75) is 12.2 Å². The van der Waals surface area contributed by atoms with Crippen molar-refractivity contribution < 1.29 is 13.2 Å². The number of H-pyrrole nitrogens is 1. The fraction of sp³-hybridized carbons (Fsp3) is 0.500. The Labute approximate surface area is 67.0 Å². The summed E-state index contributed by atoms with van der Waals surface area (Å²) in [6.07, 6.45) is -1.68. The molecule has 0 saturated heterocycles. The molecule has 2 N–H and O–H groups in total. The maximum Gasteiger partial charge on any atom is 0.410 e. The van der Waals surface area contributed by atoms with Gasteiger partial charge in [0.15, 0.2) is 6.04 Å². The van der Waals surface area contributed by atoms with Crippen LogP contribution in [0.5, 0.6) is 0 Å². The third-order valence-electron chi connectivity index (χ3n) is 1.41. The molecule has 1 atom stereocenters. The number of hydrogen-bond donors (Lipinski definition) is 2. The number of hydrogen-bond acceptors (Lipinski definition) is 2. The summed E-state index contributed by atoms with van der Waals surface area (Å²) in [5, 5.41) is 2.13. The number of halogens is 3. The Morgan fingerprint density at radius 1 is 1.58 bits per heavy atom. The summed E-state index contributed by atoms with van der Waals surface area (Å²) in [5.41, 5.74) is 0. The summed E-state index contributed by atoms with van der Waals surface area (Å²) in [4.78, 5) is 5.92. The van der Waals surface area contributed by atoms with Crippen molar-refractivity contribution in [3.63, 3.8) is 0 Å². The van der Waals surface area contributed by atoms with Crippen molar-refractivity contribution in [2.24, 2.45) is 0 Å². The first-order chi connectivity index (χ1) is 5.55. The number of aromatic nitrogens is 2. The fourth-order valence-corrected chi connectivity index (χ4v) is 0.891. The molecule has 0 spiro atoms. The highest BCUT2D eigenvalue weighted by atomic mass is 19.4. The quantitative estimate of drug-likeness (QED) is 0.716. The lowest BCUT2D eigenvalue weighted by Gasteiger charge is -2.16. The smallest absolute Gasteiger partial charge is 0.347 e. The van der Waals surface area contributed by atoms with Gasteiger partial charge in [0.25, 0.3) is 0 Å². The monoisotopic (exact) mass is 179 g/mol. The summed E-state index contributed by atoms with van der Waals surface area (Å²) in [7, 11) is 1.24. The zero-order chi connectivity index (χ0) is 9.19. The maximum absolute atomic E-state index is 12.2. The Kier molecular flexibility index (Phi) is 2.37. The maximum atomic E-state index is 12.2. The van der Waals surface area contributed by atoms with E-state index in [-0.39, 0.29) is 5.82 Å². The second kappa shape index (κ2) is 3.14. The molecule has 0 fully saturated rings. The molecule has 0 radical (unpaired) electrons. The lowest BCUT2D eigenvalue weighted by Crippen LogP contribution is -2.32. The van der Waals surface area contributed by atoms with Crippen molar-refractivity contribution in [1.82, 2.24) is 15.3 Å². The Balaban J connectivity index is 2.84. The SMILES string of the molecule is CNC(c1ncc[nH]1)C(F)(F)F. The van der Waals surface area contributed by atoms with Gasteiger partial charge in [0.2, 0.25) is 0 Å². The van der Waals surface area contributed by atoms with Gasteiger partial charge < -0.3 is 10.3 Å². The van der Waals surface area contributed by atoms with Gasteiger partial charge in [0.1, 0.15) is 5.82 Å². The molecule has 0 aliphatic carbocycles. The van der Waals surface area contributed by atoms with E-state index in [0.29, 0.717) is 0 Å². The average molecular weight is 179 g/mol. The molecular formula is C6H8F3N3. The molecule has 3 nitrogen and oxygen atoms in total. The molecule has 1 heterocycles. The van der Waals surface area contributed by atoms with E-state index in [9.17, 15) is 13.2 Å². The van der Waals surface area contributed by atoms with Crippen molar-refractivity contribution in [3.8, 4) is 0 Å². The topological polar surface area (TPSA) is 40.7 Å². The van der Waals surface area contributed by atoms with Crippen LogP contribution in [0.4, 0.5) is 13.2 Å². The van der Waals surface area contributed by atoms with Crippen LogP contribution in [0.2, 0.25) is 0 Å². The molecule has 0 bridgehead atoms. The van der Waals surface area contributed by atoms with Gasteiger partial charge in [-0.3, -0.25) is 0 Å². The summed E-state index contributed by atoms with van der Waals surface area (Å²) in [5.74, 6) is -0.120. The number of nitrogens with one attached hydrogen (secondary N) is 2. The number of imidazole rings is 1. The molecule has 0 amide bonds. The Hall–Kier alpha value is -1.04. The Morgan fingerprint density at radius 2 is 2.25 bits per heavy atom. The number of rotatable bonds is 2. The molecular weight excluding hydrogens is 171 g/mol. The molecule has 1 unspecified atom stereocenters. The first kappa shape index (κ1) is 9.05. The van der Waals surface area contributed by atoms with Crippen molar-refractivity contribution in [3.05, 3.63) is 18.2 Å². The summed E-state index contributed by atoms with van der Waals surface area (Å²) in [6.45, 7) is 0. The average Bonchev–Trinajstić information content (AvgIpc) is 2.38. The third kappa shape index (κ3) is 1.76. The van der Waals surface area contributed by atoms with E-state index < -0.39 is 12.2 Å². The molecule has 1 aromatic rings. The van der Waals surface area contributed by atoms with Crippen LogP contribution >= 0.6 is 0 Å².